The molecule has 0 aliphatic carbocycles. The smallest absolute Gasteiger partial charge is 0.412 e. The van der Waals surface area contributed by atoms with Gasteiger partial charge in [0.15, 0.2) is 0 Å². The molecule has 0 heterocycles. The number of hydrogen-bond acceptors (Lipinski definition) is 5. The van der Waals surface area contributed by atoms with Crippen LogP contribution < -0.4 is 5.32 Å². The Bertz CT molecular complexity index is 658. The third kappa shape index (κ3) is 3.93. The van der Waals surface area contributed by atoms with Gasteiger partial charge in [-0.2, -0.15) is 0 Å². The zero-order chi connectivity index (χ0) is 15.2. The maximum atomic E-state index is 11.6. The van der Waals surface area contributed by atoms with E-state index in [1.807, 2.05) is 6.07 Å². The highest BCUT2D eigenvalue weighted by molar-refractivity contribution is 5.88. The van der Waals surface area contributed by atoms with E-state index in [2.05, 4.69) is 5.32 Å². The molecule has 7 heteroatoms. The zero-order valence-corrected chi connectivity index (χ0v) is 10.9. The number of amides is 1. The van der Waals surface area contributed by atoms with E-state index >= 15 is 0 Å². The van der Waals surface area contributed by atoms with Gasteiger partial charge in [0.05, 0.1) is 11.0 Å². The van der Waals surface area contributed by atoms with Gasteiger partial charge in [-0.3, -0.25) is 15.4 Å². The summed E-state index contributed by atoms with van der Waals surface area (Å²) in [6.45, 7) is 0.0541. The zero-order valence-electron chi connectivity index (χ0n) is 10.9. The van der Waals surface area contributed by atoms with Crippen LogP contribution in [0.25, 0.3) is 0 Å². The second kappa shape index (κ2) is 6.38. The number of rotatable bonds is 4. The van der Waals surface area contributed by atoms with Crippen LogP contribution in [-0.2, 0) is 11.3 Å². The van der Waals surface area contributed by atoms with E-state index in [9.17, 15) is 20.0 Å². The lowest BCUT2D eigenvalue weighted by Gasteiger charge is -2.07. The Morgan fingerprint density at radius 3 is 2.62 bits per heavy atom. The lowest BCUT2D eigenvalue weighted by atomic mass is 10.2. The van der Waals surface area contributed by atoms with E-state index in [0.29, 0.717) is 0 Å². The van der Waals surface area contributed by atoms with Crippen LogP contribution >= 0.6 is 0 Å². The van der Waals surface area contributed by atoms with Crippen molar-refractivity contribution in [3.05, 3.63) is 64.2 Å². The molecule has 7 nitrogen and oxygen atoms in total. The average molecular weight is 288 g/mol. The molecule has 0 radical (unpaired) electrons. The van der Waals surface area contributed by atoms with Gasteiger partial charge < -0.3 is 9.84 Å². The molecule has 1 amide bonds. The Morgan fingerprint density at radius 1 is 1.24 bits per heavy atom. The highest BCUT2D eigenvalue weighted by atomic mass is 16.6. The third-order valence-electron chi connectivity index (χ3n) is 2.63. The van der Waals surface area contributed by atoms with Crippen LogP contribution in [0, 0.1) is 10.1 Å². The van der Waals surface area contributed by atoms with Crippen LogP contribution in [0.1, 0.15) is 5.56 Å². The predicted molar refractivity (Wildman–Crippen MR) is 75.0 cm³/mol. The number of ether oxygens (including phenoxy) is 1. The quantitative estimate of drug-likeness (QED) is 0.511. The van der Waals surface area contributed by atoms with Gasteiger partial charge >= 0.3 is 6.09 Å². The molecule has 0 atom stereocenters. The molecule has 0 saturated heterocycles. The molecule has 2 aromatic carbocycles. The van der Waals surface area contributed by atoms with Gasteiger partial charge in [-0.1, -0.05) is 30.3 Å². The summed E-state index contributed by atoms with van der Waals surface area (Å²) in [5.74, 6) is -0.259. The Balaban J connectivity index is 2.01. The maximum absolute atomic E-state index is 11.6. The number of phenols is 1. The topological polar surface area (TPSA) is 102 Å². The van der Waals surface area contributed by atoms with E-state index in [1.165, 1.54) is 12.1 Å². The van der Waals surface area contributed by atoms with Gasteiger partial charge in [0, 0.05) is 0 Å². The molecule has 108 valence electrons. The van der Waals surface area contributed by atoms with Crippen molar-refractivity contribution in [1.29, 1.82) is 0 Å². The van der Waals surface area contributed by atoms with E-state index in [1.54, 1.807) is 24.3 Å². The molecule has 0 unspecified atom stereocenters. The Hall–Kier alpha value is -3.09. The van der Waals surface area contributed by atoms with Crippen molar-refractivity contribution in [3.8, 4) is 5.75 Å². The number of phenolic OH excluding ortho intramolecular Hbond substituents is 1. The average Bonchev–Trinajstić information content (AvgIpc) is 2.48. The number of hydrogen-bond donors (Lipinski definition) is 2. The predicted octanol–water partition coefficient (Wildman–Crippen LogP) is 3.05. The molecule has 2 N–H and O–H groups in total. The van der Waals surface area contributed by atoms with Gasteiger partial charge in [0.1, 0.15) is 18.0 Å². The summed E-state index contributed by atoms with van der Waals surface area (Å²) in [6.07, 6.45) is -0.812. The minimum Gasteiger partial charge on any atom is -0.508 e. The normalized spacial score (nSPS) is 9.90. The maximum Gasteiger partial charge on any atom is 0.412 e. The number of aromatic hydroxyl groups is 1. The lowest BCUT2D eigenvalue weighted by Crippen LogP contribution is -2.14. The number of benzene rings is 2. The molecule has 2 rings (SSSR count). The Labute approximate surface area is 119 Å². The van der Waals surface area contributed by atoms with Crippen molar-refractivity contribution in [2.75, 3.05) is 5.32 Å². The Morgan fingerprint density at radius 2 is 1.95 bits per heavy atom. The minimum absolute atomic E-state index is 0.0455. The number of nitrogens with one attached hydrogen (secondary N) is 1. The second-order valence-electron chi connectivity index (χ2n) is 4.15. The monoisotopic (exact) mass is 288 g/mol. The van der Waals surface area contributed by atoms with E-state index in [4.69, 9.17) is 4.74 Å². The molecule has 0 fully saturated rings. The van der Waals surface area contributed by atoms with Crippen molar-refractivity contribution in [3.63, 3.8) is 0 Å². The number of nitro groups is 1. The fourth-order valence-electron chi connectivity index (χ4n) is 1.65. The van der Waals surface area contributed by atoms with Gasteiger partial charge in [-0.05, 0) is 17.7 Å². The van der Waals surface area contributed by atoms with Crippen LogP contribution in [0.5, 0.6) is 5.75 Å². The molecule has 0 aromatic heterocycles. The van der Waals surface area contributed by atoms with Gasteiger partial charge in [-0.15, -0.1) is 0 Å². The fourth-order valence-corrected chi connectivity index (χ4v) is 1.65. The largest absolute Gasteiger partial charge is 0.508 e. The first-order valence-corrected chi connectivity index (χ1v) is 6.01. The van der Waals surface area contributed by atoms with Crippen molar-refractivity contribution >= 4 is 17.5 Å². The summed E-state index contributed by atoms with van der Waals surface area (Å²) in [5.41, 5.74) is 0.343. The van der Waals surface area contributed by atoms with Gasteiger partial charge in [-0.25, -0.2) is 4.79 Å². The van der Waals surface area contributed by atoms with Gasteiger partial charge in [0.25, 0.3) is 5.69 Å². The molecule has 2 aromatic rings. The van der Waals surface area contributed by atoms with Crippen LogP contribution in [-0.4, -0.2) is 16.1 Å². The highest BCUT2D eigenvalue weighted by Gasteiger charge is 2.17. The van der Waals surface area contributed by atoms with Gasteiger partial charge in [0.2, 0.25) is 0 Å². The molecule has 0 bridgehead atoms. The summed E-state index contributed by atoms with van der Waals surface area (Å²) in [7, 11) is 0. The van der Waals surface area contributed by atoms with E-state index < -0.39 is 16.7 Å². The second-order valence-corrected chi connectivity index (χ2v) is 4.15. The van der Waals surface area contributed by atoms with Crippen molar-refractivity contribution in [2.45, 2.75) is 6.61 Å². The lowest BCUT2D eigenvalue weighted by molar-refractivity contribution is -0.384. The number of nitrogens with zero attached hydrogens (tertiary/aromatic N) is 1. The van der Waals surface area contributed by atoms with E-state index in [-0.39, 0.29) is 18.0 Å². The summed E-state index contributed by atoms with van der Waals surface area (Å²) < 4.78 is 4.96. The highest BCUT2D eigenvalue weighted by Crippen LogP contribution is 2.28. The molecular weight excluding hydrogens is 276 g/mol. The molecular formula is C14H12N2O5. The van der Waals surface area contributed by atoms with Crippen LogP contribution in [0.4, 0.5) is 16.2 Å². The molecule has 0 spiro atoms. The number of carbonyl (C=O) groups excluding carboxylic acids is 1. The third-order valence-corrected chi connectivity index (χ3v) is 2.63. The number of nitro benzene ring substituents is 1. The summed E-state index contributed by atoms with van der Waals surface area (Å²) >= 11 is 0. The molecule has 0 aliphatic rings. The van der Waals surface area contributed by atoms with Crippen LogP contribution in [0.15, 0.2) is 48.5 Å². The SMILES string of the molecule is O=C(Nc1ccc(O)cc1[N+](=O)[O-])OCc1ccccc1. The van der Waals surface area contributed by atoms with Crippen molar-refractivity contribution in [1.82, 2.24) is 0 Å². The molecule has 21 heavy (non-hydrogen) atoms. The summed E-state index contributed by atoms with van der Waals surface area (Å²) in [6, 6.07) is 12.4. The molecule has 0 aliphatic heterocycles. The first-order chi connectivity index (χ1) is 10.1. The first kappa shape index (κ1) is 14.3. The van der Waals surface area contributed by atoms with Crippen molar-refractivity contribution < 1.29 is 19.6 Å². The van der Waals surface area contributed by atoms with E-state index in [0.717, 1.165) is 11.6 Å². The summed E-state index contributed by atoms with van der Waals surface area (Å²) in [5, 5.41) is 22.3. The minimum atomic E-state index is -0.812. The fraction of sp³-hybridized carbons (Fsp3) is 0.0714. The van der Waals surface area contributed by atoms with Crippen molar-refractivity contribution in [2.24, 2.45) is 0 Å². The van der Waals surface area contributed by atoms with Crippen LogP contribution in [0.3, 0.4) is 0 Å². The van der Waals surface area contributed by atoms with Crippen LogP contribution in [0.2, 0.25) is 0 Å². The Kier molecular flexibility index (Phi) is 4.35. The summed E-state index contributed by atoms with van der Waals surface area (Å²) in [4.78, 5) is 21.8. The first-order valence-electron chi connectivity index (χ1n) is 6.01. The standard InChI is InChI=1S/C14H12N2O5/c17-11-6-7-12(13(8-11)16(19)20)15-14(18)21-9-10-4-2-1-3-5-10/h1-8,17H,9H2,(H,15,18). The number of carbonyl (C=O) groups is 1. The number of anilines is 1. The molecule has 0 saturated carbocycles.